The molecule has 2 heterocycles. The number of rotatable bonds is 7. The minimum atomic E-state index is -0.808. The third-order valence-electron chi connectivity index (χ3n) is 5.08. The highest BCUT2D eigenvalue weighted by atomic mass is 16.5. The van der Waals surface area contributed by atoms with Crippen LogP contribution in [0.5, 0.6) is 0 Å². The summed E-state index contributed by atoms with van der Waals surface area (Å²) in [5, 5.41) is 12.6. The minimum absolute atomic E-state index is 0.0198. The number of aliphatic hydroxyl groups excluding tert-OH is 1. The van der Waals surface area contributed by atoms with Gasteiger partial charge >= 0.3 is 0 Å². The Labute approximate surface area is 148 Å². The van der Waals surface area contributed by atoms with E-state index in [9.17, 15) is 14.7 Å². The van der Waals surface area contributed by atoms with E-state index < -0.39 is 12.1 Å². The highest BCUT2D eigenvalue weighted by Gasteiger charge is 2.39. The fourth-order valence-corrected chi connectivity index (χ4v) is 3.13. The Morgan fingerprint density at radius 3 is 2.76 bits per heavy atom. The van der Waals surface area contributed by atoms with Crippen LogP contribution < -0.4 is 5.32 Å². The van der Waals surface area contributed by atoms with Gasteiger partial charge in [0.1, 0.15) is 6.61 Å². The number of aromatic nitrogens is 1. The van der Waals surface area contributed by atoms with Gasteiger partial charge in [-0.15, -0.1) is 0 Å². The molecule has 1 aromatic rings. The number of hydrogen-bond acceptors (Lipinski definition) is 5. The van der Waals surface area contributed by atoms with E-state index in [0.717, 1.165) is 18.4 Å². The molecule has 2 amide bonds. The Morgan fingerprint density at radius 1 is 1.48 bits per heavy atom. The number of aliphatic hydroxyl groups is 1. The monoisotopic (exact) mass is 349 g/mol. The molecule has 1 saturated heterocycles. The zero-order valence-corrected chi connectivity index (χ0v) is 15.1. The van der Waals surface area contributed by atoms with Crippen molar-refractivity contribution in [3.05, 3.63) is 30.1 Å². The molecule has 0 saturated carbocycles. The number of carbonyl (C=O) groups excluding carboxylic acids is 2. The Bertz CT molecular complexity index is 581. The molecular formula is C18H27N3O4. The Kier molecular flexibility index (Phi) is 6.50. The first-order valence-corrected chi connectivity index (χ1v) is 8.63. The van der Waals surface area contributed by atoms with E-state index >= 15 is 0 Å². The van der Waals surface area contributed by atoms with Crippen LogP contribution in [0.3, 0.4) is 0 Å². The smallest absolute Gasteiger partial charge is 0.254 e. The molecule has 7 heteroatoms. The third-order valence-corrected chi connectivity index (χ3v) is 5.08. The SMILES string of the molecule is CCC(CC)(CO)CN(C)C(=O)[C@H]1OCC(=O)N[C@@H]1c1cccnc1. The quantitative estimate of drug-likeness (QED) is 0.763. The molecule has 138 valence electrons. The van der Waals surface area contributed by atoms with E-state index in [-0.39, 0.29) is 30.4 Å². The number of likely N-dealkylation sites (N-methyl/N-ethyl adjacent to an activating group) is 1. The molecule has 0 aromatic carbocycles. The maximum atomic E-state index is 13.0. The van der Waals surface area contributed by atoms with Crippen LogP contribution in [0.4, 0.5) is 0 Å². The van der Waals surface area contributed by atoms with Gasteiger partial charge in [-0.1, -0.05) is 19.9 Å². The average molecular weight is 349 g/mol. The van der Waals surface area contributed by atoms with Gasteiger partial charge in [0.05, 0.1) is 12.6 Å². The predicted octanol–water partition coefficient (Wildman–Crippen LogP) is 0.895. The van der Waals surface area contributed by atoms with Gasteiger partial charge in [-0.25, -0.2) is 0 Å². The number of ether oxygens (including phenoxy) is 1. The van der Waals surface area contributed by atoms with Gasteiger partial charge in [0.2, 0.25) is 5.91 Å². The summed E-state index contributed by atoms with van der Waals surface area (Å²) in [5.41, 5.74) is 0.397. The van der Waals surface area contributed by atoms with Crippen molar-refractivity contribution in [3.8, 4) is 0 Å². The minimum Gasteiger partial charge on any atom is -0.396 e. The molecule has 0 unspecified atom stereocenters. The summed E-state index contributed by atoms with van der Waals surface area (Å²) in [4.78, 5) is 30.3. The standard InChI is InChI=1S/C18H27N3O4/c1-4-18(5-2,12-22)11-21(3)17(24)16-15(20-14(23)10-25-16)13-7-6-8-19-9-13/h6-9,15-16,22H,4-5,10-12H2,1-3H3,(H,20,23)/t15-,16+/m1/s1. The van der Waals surface area contributed by atoms with Crippen LogP contribution in [0.1, 0.15) is 38.3 Å². The molecule has 0 radical (unpaired) electrons. The highest BCUT2D eigenvalue weighted by Crippen LogP contribution is 2.28. The van der Waals surface area contributed by atoms with Gasteiger partial charge in [0.15, 0.2) is 6.10 Å². The normalized spacial score (nSPS) is 20.9. The lowest BCUT2D eigenvalue weighted by atomic mass is 9.82. The number of carbonyl (C=O) groups is 2. The van der Waals surface area contributed by atoms with Crippen molar-refractivity contribution in [1.29, 1.82) is 0 Å². The molecule has 1 aliphatic rings. The summed E-state index contributed by atoms with van der Waals surface area (Å²) in [5.74, 6) is -0.471. The first-order chi connectivity index (χ1) is 12.0. The van der Waals surface area contributed by atoms with Gasteiger partial charge in [-0.2, -0.15) is 0 Å². The molecule has 0 bridgehead atoms. The van der Waals surface area contributed by atoms with Gasteiger partial charge in [0.25, 0.3) is 5.91 Å². The largest absolute Gasteiger partial charge is 0.396 e. The van der Waals surface area contributed by atoms with Crippen LogP contribution in [-0.4, -0.2) is 59.7 Å². The zero-order valence-electron chi connectivity index (χ0n) is 15.1. The Morgan fingerprint density at radius 2 is 2.20 bits per heavy atom. The van der Waals surface area contributed by atoms with Crippen molar-refractivity contribution in [2.75, 3.05) is 26.8 Å². The van der Waals surface area contributed by atoms with Crippen molar-refractivity contribution in [2.24, 2.45) is 5.41 Å². The van der Waals surface area contributed by atoms with Crippen LogP contribution in [0, 0.1) is 5.41 Å². The maximum absolute atomic E-state index is 13.0. The van der Waals surface area contributed by atoms with Crippen LogP contribution in [-0.2, 0) is 14.3 Å². The maximum Gasteiger partial charge on any atom is 0.254 e. The molecule has 7 nitrogen and oxygen atoms in total. The van der Waals surface area contributed by atoms with E-state index in [0.29, 0.717) is 6.54 Å². The Hall–Kier alpha value is -1.99. The number of pyridine rings is 1. The topological polar surface area (TPSA) is 91.8 Å². The molecule has 0 aliphatic carbocycles. The van der Waals surface area contributed by atoms with Crippen molar-refractivity contribution < 1.29 is 19.4 Å². The van der Waals surface area contributed by atoms with Crippen LogP contribution in [0.2, 0.25) is 0 Å². The Balaban J connectivity index is 2.18. The molecule has 2 N–H and O–H groups in total. The van der Waals surface area contributed by atoms with Crippen molar-refractivity contribution in [2.45, 2.75) is 38.8 Å². The van der Waals surface area contributed by atoms with E-state index in [1.807, 2.05) is 19.9 Å². The van der Waals surface area contributed by atoms with Crippen molar-refractivity contribution >= 4 is 11.8 Å². The summed E-state index contributed by atoms with van der Waals surface area (Å²) in [6, 6.07) is 2.99. The van der Waals surface area contributed by atoms with E-state index in [1.54, 1.807) is 30.4 Å². The highest BCUT2D eigenvalue weighted by molar-refractivity contribution is 5.86. The molecule has 1 aliphatic heterocycles. The lowest BCUT2D eigenvalue weighted by Gasteiger charge is -2.38. The fraction of sp³-hybridized carbons (Fsp3) is 0.611. The average Bonchev–Trinajstić information content (AvgIpc) is 2.66. The second-order valence-electron chi connectivity index (χ2n) is 6.62. The second kappa shape index (κ2) is 8.40. The van der Waals surface area contributed by atoms with E-state index in [4.69, 9.17) is 4.74 Å². The number of nitrogens with zero attached hydrogens (tertiary/aromatic N) is 2. The van der Waals surface area contributed by atoms with Gasteiger partial charge in [-0.05, 0) is 24.5 Å². The summed E-state index contributed by atoms with van der Waals surface area (Å²) in [6.45, 7) is 4.32. The number of nitrogens with one attached hydrogen (secondary N) is 1. The van der Waals surface area contributed by atoms with E-state index in [2.05, 4.69) is 10.3 Å². The van der Waals surface area contributed by atoms with Gasteiger partial charge in [-0.3, -0.25) is 14.6 Å². The summed E-state index contributed by atoms with van der Waals surface area (Å²) in [6.07, 6.45) is 3.99. The lowest BCUT2D eigenvalue weighted by molar-refractivity contribution is -0.155. The first-order valence-electron chi connectivity index (χ1n) is 8.63. The fourth-order valence-electron chi connectivity index (χ4n) is 3.13. The second-order valence-corrected chi connectivity index (χ2v) is 6.62. The zero-order chi connectivity index (χ0) is 18.4. The summed E-state index contributed by atoms with van der Waals surface area (Å²) < 4.78 is 5.56. The van der Waals surface area contributed by atoms with Crippen LogP contribution >= 0.6 is 0 Å². The first kappa shape index (κ1) is 19.3. The molecule has 2 rings (SSSR count). The number of amides is 2. The van der Waals surface area contributed by atoms with Gasteiger partial charge in [0, 0.05) is 31.4 Å². The van der Waals surface area contributed by atoms with Crippen molar-refractivity contribution in [3.63, 3.8) is 0 Å². The van der Waals surface area contributed by atoms with Gasteiger partial charge < -0.3 is 20.1 Å². The summed E-state index contributed by atoms with van der Waals surface area (Å²) >= 11 is 0. The van der Waals surface area contributed by atoms with E-state index in [1.165, 1.54) is 0 Å². The summed E-state index contributed by atoms with van der Waals surface area (Å²) in [7, 11) is 1.71. The molecule has 1 fully saturated rings. The lowest BCUT2D eigenvalue weighted by Crippen LogP contribution is -2.54. The molecule has 0 spiro atoms. The molecule has 2 atom stereocenters. The number of hydrogen-bond donors (Lipinski definition) is 2. The predicted molar refractivity (Wildman–Crippen MR) is 92.6 cm³/mol. The molecule has 1 aromatic heterocycles. The van der Waals surface area contributed by atoms with Crippen LogP contribution in [0.15, 0.2) is 24.5 Å². The molecule has 25 heavy (non-hydrogen) atoms. The number of morpholine rings is 1. The molecular weight excluding hydrogens is 322 g/mol. The van der Waals surface area contributed by atoms with Crippen molar-refractivity contribution in [1.82, 2.24) is 15.2 Å². The van der Waals surface area contributed by atoms with Crippen LogP contribution in [0.25, 0.3) is 0 Å². The third kappa shape index (κ3) is 4.35.